The lowest BCUT2D eigenvalue weighted by molar-refractivity contribution is 0.339. The van der Waals surface area contributed by atoms with Crippen molar-refractivity contribution in [1.29, 1.82) is 0 Å². The van der Waals surface area contributed by atoms with Crippen LogP contribution in [-0.4, -0.2) is 43.9 Å². The molecular weight excluding hydrogens is 238 g/mol. The summed E-state index contributed by atoms with van der Waals surface area (Å²) < 4.78 is 28.7. The number of hydrogen-bond acceptors (Lipinski definition) is 3. The lowest BCUT2D eigenvalue weighted by Gasteiger charge is -2.25. The van der Waals surface area contributed by atoms with Crippen LogP contribution in [0.1, 0.15) is 33.6 Å². The summed E-state index contributed by atoms with van der Waals surface area (Å²) in [6.07, 6.45) is 2.29. The van der Waals surface area contributed by atoms with Gasteiger partial charge in [-0.1, -0.05) is 0 Å². The molecular formula is C11H23N3O2S. The van der Waals surface area contributed by atoms with Gasteiger partial charge in [0.25, 0.3) is 10.2 Å². The molecule has 2 rings (SSSR count). The van der Waals surface area contributed by atoms with Gasteiger partial charge in [-0.15, -0.1) is 0 Å². The van der Waals surface area contributed by atoms with Crippen LogP contribution in [0.3, 0.4) is 0 Å². The van der Waals surface area contributed by atoms with Crippen molar-refractivity contribution in [3.05, 3.63) is 0 Å². The van der Waals surface area contributed by atoms with Crippen LogP contribution in [0.4, 0.5) is 0 Å². The fourth-order valence-electron chi connectivity index (χ4n) is 2.65. The first kappa shape index (κ1) is 13.3. The summed E-state index contributed by atoms with van der Waals surface area (Å²) in [6.45, 7) is 7.88. The Balaban J connectivity index is 2.04. The molecule has 0 aromatic heterocycles. The van der Waals surface area contributed by atoms with E-state index in [1.807, 2.05) is 20.8 Å². The smallest absolute Gasteiger partial charge is 0.279 e. The molecule has 2 aliphatic heterocycles. The average Bonchev–Trinajstić information content (AvgIpc) is 2.57. The zero-order valence-corrected chi connectivity index (χ0v) is 11.7. The van der Waals surface area contributed by atoms with Gasteiger partial charge in [-0.25, -0.2) is 0 Å². The van der Waals surface area contributed by atoms with Crippen LogP contribution in [0, 0.1) is 5.92 Å². The topological polar surface area (TPSA) is 61.4 Å². The Morgan fingerprint density at radius 1 is 1.29 bits per heavy atom. The molecule has 0 aromatic rings. The molecule has 6 heteroatoms. The van der Waals surface area contributed by atoms with Crippen molar-refractivity contribution in [3.8, 4) is 0 Å². The van der Waals surface area contributed by atoms with Crippen LogP contribution in [0.15, 0.2) is 0 Å². The van der Waals surface area contributed by atoms with E-state index < -0.39 is 15.7 Å². The SMILES string of the molecule is CC(C)(C)NS(=O)(=O)N1C[C@@H]2CCCN[C@@H]2C1. The van der Waals surface area contributed by atoms with E-state index >= 15 is 0 Å². The van der Waals surface area contributed by atoms with Crippen molar-refractivity contribution >= 4 is 10.2 Å². The second-order valence-corrected chi connectivity index (χ2v) is 7.81. The first-order chi connectivity index (χ1) is 7.78. The number of fused-ring (bicyclic) bond motifs is 1. The van der Waals surface area contributed by atoms with E-state index in [1.54, 1.807) is 4.31 Å². The second-order valence-electron chi connectivity index (χ2n) is 6.14. The number of nitrogens with one attached hydrogen (secondary N) is 2. The molecule has 2 heterocycles. The molecule has 17 heavy (non-hydrogen) atoms. The van der Waals surface area contributed by atoms with E-state index in [-0.39, 0.29) is 0 Å². The summed E-state index contributed by atoms with van der Waals surface area (Å²) in [6, 6.07) is 0.347. The number of hydrogen-bond donors (Lipinski definition) is 2. The number of piperidine rings is 1. The van der Waals surface area contributed by atoms with Gasteiger partial charge in [-0.05, 0) is 46.1 Å². The van der Waals surface area contributed by atoms with Gasteiger partial charge in [0.05, 0.1) is 0 Å². The summed E-state index contributed by atoms with van der Waals surface area (Å²) >= 11 is 0. The van der Waals surface area contributed by atoms with E-state index in [4.69, 9.17) is 0 Å². The summed E-state index contributed by atoms with van der Waals surface area (Å²) in [7, 11) is -3.33. The van der Waals surface area contributed by atoms with E-state index in [9.17, 15) is 8.42 Å². The summed E-state index contributed by atoms with van der Waals surface area (Å²) in [4.78, 5) is 0. The van der Waals surface area contributed by atoms with Crippen molar-refractivity contribution in [3.63, 3.8) is 0 Å². The van der Waals surface area contributed by atoms with Gasteiger partial charge < -0.3 is 5.32 Å². The summed E-state index contributed by atoms with van der Waals surface area (Å²) in [5.41, 5.74) is -0.417. The van der Waals surface area contributed by atoms with Crippen molar-refractivity contribution in [2.75, 3.05) is 19.6 Å². The maximum Gasteiger partial charge on any atom is 0.279 e. The molecule has 0 amide bonds. The molecule has 0 aliphatic carbocycles. The first-order valence-corrected chi connectivity index (χ1v) is 7.74. The Morgan fingerprint density at radius 3 is 2.59 bits per heavy atom. The van der Waals surface area contributed by atoms with Gasteiger partial charge in [0.2, 0.25) is 0 Å². The molecule has 0 saturated carbocycles. The van der Waals surface area contributed by atoms with E-state index in [0.717, 1.165) is 19.4 Å². The molecule has 2 saturated heterocycles. The third-order valence-corrected chi connectivity index (χ3v) is 5.19. The van der Waals surface area contributed by atoms with Crippen molar-refractivity contribution in [2.24, 2.45) is 5.92 Å². The Bertz CT molecular complexity index is 361. The third-order valence-electron chi connectivity index (χ3n) is 3.34. The van der Waals surface area contributed by atoms with Crippen molar-refractivity contribution in [1.82, 2.24) is 14.3 Å². The molecule has 5 nitrogen and oxygen atoms in total. The molecule has 0 radical (unpaired) electrons. The molecule has 2 atom stereocenters. The minimum absolute atomic E-state index is 0.347. The lowest BCUT2D eigenvalue weighted by Crippen LogP contribution is -2.48. The van der Waals surface area contributed by atoms with Crippen LogP contribution in [0.25, 0.3) is 0 Å². The van der Waals surface area contributed by atoms with Gasteiger partial charge in [0, 0.05) is 24.7 Å². The van der Waals surface area contributed by atoms with Crippen LogP contribution in [-0.2, 0) is 10.2 Å². The van der Waals surface area contributed by atoms with E-state index in [1.165, 1.54) is 0 Å². The minimum atomic E-state index is -3.33. The predicted molar refractivity (Wildman–Crippen MR) is 67.9 cm³/mol. The molecule has 100 valence electrons. The fourth-order valence-corrected chi connectivity index (χ4v) is 4.30. The average molecular weight is 261 g/mol. The normalized spacial score (nSPS) is 31.5. The first-order valence-electron chi connectivity index (χ1n) is 6.30. The molecule has 0 spiro atoms. The molecule has 2 aliphatic rings. The van der Waals surface area contributed by atoms with Gasteiger partial charge in [0.1, 0.15) is 0 Å². The second kappa shape index (κ2) is 4.50. The lowest BCUT2D eigenvalue weighted by atomic mass is 9.94. The minimum Gasteiger partial charge on any atom is -0.312 e. The highest BCUT2D eigenvalue weighted by Crippen LogP contribution is 2.26. The maximum atomic E-state index is 12.2. The quantitative estimate of drug-likeness (QED) is 0.752. The van der Waals surface area contributed by atoms with Crippen LogP contribution >= 0.6 is 0 Å². The zero-order valence-electron chi connectivity index (χ0n) is 10.9. The molecule has 0 aromatic carbocycles. The van der Waals surface area contributed by atoms with Crippen molar-refractivity contribution < 1.29 is 8.42 Å². The maximum absolute atomic E-state index is 12.2. The Morgan fingerprint density at radius 2 is 2.00 bits per heavy atom. The molecule has 2 fully saturated rings. The predicted octanol–water partition coefficient (Wildman–Crippen LogP) is 0.303. The summed E-state index contributed by atoms with van der Waals surface area (Å²) in [5, 5.41) is 3.41. The Labute approximate surface area is 104 Å². The Kier molecular flexibility index (Phi) is 3.51. The standard InChI is InChI=1S/C11H23N3O2S/c1-11(2,3)13-17(15,16)14-7-9-5-4-6-12-10(9)8-14/h9-10,12-13H,4-8H2,1-3H3/t9-,10+/m0/s1. The summed E-state index contributed by atoms with van der Waals surface area (Å²) in [5.74, 6) is 0.486. The monoisotopic (exact) mass is 261 g/mol. The van der Waals surface area contributed by atoms with Gasteiger partial charge in [-0.3, -0.25) is 0 Å². The highest BCUT2D eigenvalue weighted by Gasteiger charge is 2.40. The highest BCUT2D eigenvalue weighted by molar-refractivity contribution is 7.87. The van der Waals surface area contributed by atoms with Gasteiger partial charge in [-0.2, -0.15) is 17.4 Å². The largest absolute Gasteiger partial charge is 0.312 e. The van der Waals surface area contributed by atoms with Crippen LogP contribution < -0.4 is 10.0 Å². The van der Waals surface area contributed by atoms with E-state index in [2.05, 4.69) is 10.0 Å². The Hall–Kier alpha value is -0.170. The molecule has 0 bridgehead atoms. The number of rotatable bonds is 2. The van der Waals surface area contributed by atoms with Crippen LogP contribution in [0.2, 0.25) is 0 Å². The van der Waals surface area contributed by atoms with E-state index in [0.29, 0.717) is 25.0 Å². The number of nitrogens with zero attached hydrogens (tertiary/aromatic N) is 1. The van der Waals surface area contributed by atoms with Gasteiger partial charge >= 0.3 is 0 Å². The molecule has 2 N–H and O–H groups in total. The molecule has 0 unspecified atom stereocenters. The fraction of sp³-hybridized carbons (Fsp3) is 1.00. The van der Waals surface area contributed by atoms with Crippen LogP contribution in [0.5, 0.6) is 0 Å². The zero-order chi connectivity index (χ0) is 12.7. The van der Waals surface area contributed by atoms with Gasteiger partial charge in [0.15, 0.2) is 0 Å². The van der Waals surface area contributed by atoms with Crippen molar-refractivity contribution in [2.45, 2.75) is 45.2 Å². The highest BCUT2D eigenvalue weighted by atomic mass is 32.2. The third kappa shape index (κ3) is 3.19.